The Kier molecular flexibility index (Phi) is 114. The Morgan fingerprint density at radius 2 is 1.00 bits per heavy atom. The molecule has 0 aliphatic heterocycles. The van der Waals surface area contributed by atoms with E-state index in [1.54, 1.807) is 0 Å². The summed E-state index contributed by atoms with van der Waals surface area (Å²) < 4.78 is 0. The molecule has 0 aliphatic rings. The predicted octanol–water partition coefficient (Wildman–Crippen LogP) is 3.60. The van der Waals surface area contributed by atoms with E-state index >= 15 is 0 Å². The number of hydrogen-bond donors (Lipinski definition) is 0. The van der Waals surface area contributed by atoms with Crippen molar-refractivity contribution in [3.8, 4) is 0 Å². The molecule has 0 amide bonds. The minimum atomic E-state index is 0. The Morgan fingerprint density at radius 1 is 0.727 bits per heavy atom. The summed E-state index contributed by atoms with van der Waals surface area (Å²) in [6.07, 6.45) is 0. The first-order chi connectivity index (χ1) is 2.50. The molecule has 0 saturated heterocycles. The van der Waals surface area contributed by atoms with E-state index in [-0.39, 0.29) is 73.3 Å². The molecule has 1 aromatic carbocycles. The molecule has 0 fully saturated rings. The van der Waals surface area contributed by atoms with Crippen LogP contribution in [0.4, 0.5) is 0 Å². The van der Waals surface area contributed by atoms with Crippen molar-refractivity contribution in [1.82, 2.24) is 0 Å². The first kappa shape index (κ1) is 40.9. The molecule has 3 heteroatoms. The van der Waals surface area contributed by atoms with Crippen LogP contribution in [-0.4, -0.2) is 0 Å². The third-order valence-electron chi connectivity index (χ3n) is 0.556. The standard InChI is InChI=1S/C5H5.3CH3.2ClH.Zr/c1-2-4-5-3-1;;;;;;/h1-5H;3*1H3;2*1H;/q4*-1;;;+4. The molecule has 11 heavy (non-hydrogen) atoms. The Morgan fingerprint density at radius 3 is 1.09 bits per heavy atom. The molecule has 0 spiro atoms. The number of halogens is 2. The van der Waals surface area contributed by atoms with Crippen molar-refractivity contribution in [2.45, 2.75) is 0 Å². The maximum atomic E-state index is 2.00. The van der Waals surface area contributed by atoms with Crippen molar-refractivity contribution in [3.05, 3.63) is 52.6 Å². The molecule has 0 aliphatic carbocycles. The summed E-state index contributed by atoms with van der Waals surface area (Å²) in [4.78, 5) is 0. The monoisotopic (exact) mass is 272 g/mol. The topological polar surface area (TPSA) is 0 Å². The second-order valence-electron chi connectivity index (χ2n) is 0.962. The quantitative estimate of drug-likeness (QED) is 0.634. The van der Waals surface area contributed by atoms with Crippen LogP contribution in [0.1, 0.15) is 0 Å². The summed E-state index contributed by atoms with van der Waals surface area (Å²) in [5.41, 5.74) is 0. The minimum absolute atomic E-state index is 0. The maximum Gasteiger partial charge on any atom is 4.00 e. The van der Waals surface area contributed by atoms with Gasteiger partial charge in [-0.05, 0) is 0 Å². The molecule has 0 aromatic heterocycles. The van der Waals surface area contributed by atoms with E-state index in [1.165, 1.54) is 0 Å². The summed E-state index contributed by atoms with van der Waals surface area (Å²) in [7, 11) is 0. The molecule has 1 rings (SSSR count). The van der Waals surface area contributed by atoms with Crippen LogP contribution in [0.5, 0.6) is 0 Å². The van der Waals surface area contributed by atoms with Crippen molar-refractivity contribution in [2.75, 3.05) is 0 Å². The van der Waals surface area contributed by atoms with Crippen LogP contribution in [0.15, 0.2) is 30.3 Å². The molecule has 66 valence electrons. The van der Waals surface area contributed by atoms with Gasteiger partial charge in [0, 0.05) is 0 Å². The van der Waals surface area contributed by atoms with E-state index < -0.39 is 0 Å². The van der Waals surface area contributed by atoms with Crippen LogP contribution >= 0.6 is 24.8 Å². The predicted molar refractivity (Wildman–Crippen MR) is 55.8 cm³/mol. The summed E-state index contributed by atoms with van der Waals surface area (Å²) in [6.45, 7) is 0. The van der Waals surface area contributed by atoms with Crippen molar-refractivity contribution >= 4 is 24.8 Å². The van der Waals surface area contributed by atoms with Crippen LogP contribution in [0.3, 0.4) is 0 Å². The Balaban J connectivity index is -0.0000000104. The van der Waals surface area contributed by atoms with Gasteiger partial charge in [0.05, 0.1) is 0 Å². The van der Waals surface area contributed by atoms with Crippen molar-refractivity contribution in [3.63, 3.8) is 0 Å². The molecule has 0 radical (unpaired) electrons. The zero-order valence-electron chi connectivity index (χ0n) is 7.20. The van der Waals surface area contributed by atoms with Gasteiger partial charge >= 0.3 is 26.2 Å². The van der Waals surface area contributed by atoms with E-state index in [9.17, 15) is 0 Å². The van der Waals surface area contributed by atoms with E-state index in [0.717, 1.165) is 0 Å². The first-order valence-corrected chi connectivity index (χ1v) is 1.67. The molecule has 0 unspecified atom stereocenters. The van der Waals surface area contributed by atoms with Gasteiger partial charge in [-0.25, -0.2) is 12.1 Å². The molecule has 0 atom stereocenters. The maximum absolute atomic E-state index is 2.00. The summed E-state index contributed by atoms with van der Waals surface area (Å²) in [5, 5.41) is 0. The zero-order chi connectivity index (χ0) is 3.54. The average molecular weight is 274 g/mol. The SMILES string of the molecule is Cl.Cl.[CH3-].[CH3-].[CH3-].[Zr+4].c1cc[cH-]c1. The largest absolute Gasteiger partial charge is 4.00 e. The van der Waals surface area contributed by atoms with E-state index in [1.807, 2.05) is 30.3 Å². The average Bonchev–Trinajstić information content (AvgIpc) is 1.76. The van der Waals surface area contributed by atoms with Gasteiger partial charge in [0.15, 0.2) is 0 Å². The fraction of sp³-hybridized carbons (Fsp3) is 0. The second-order valence-corrected chi connectivity index (χ2v) is 0.962. The number of hydrogen-bond acceptors (Lipinski definition) is 0. The van der Waals surface area contributed by atoms with Crippen molar-refractivity contribution in [2.24, 2.45) is 0 Å². The summed E-state index contributed by atoms with van der Waals surface area (Å²) in [5.74, 6) is 0. The van der Waals surface area contributed by atoms with Crippen molar-refractivity contribution in [1.29, 1.82) is 0 Å². The van der Waals surface area contributed by atoms with Crippen LogP contribution < -0.4 is 0 Å². The van der Waals surface area contributed by atoms with Crippen LogP contribution in [0.2, 0.25) is 0 Å². The second kappa shape index (κ2) is 30.8. The fourth-order valence-electron chi connectivity index (χ4n) is 0.321. The molecular weight excluding hydrogens is 258 g/mol. The zero-order valence-corrected chi connectivity index (χ0v) is 11.3. The van der Waals surface area contributed by atoms with E-state index in [2.05, 4.69) is 0 Å². The Bertz CT molecular complexity index is 68.6. The van der Waals surface area contributed by atoms with E-state index in [4.69, 9.17) is 0 Å². The van der Waals surface area contributed by atoms with Crippen molar-refractivity contribution < 1.29 is 26.2 Å². The normalized spacial score (nSPS) is 3.64. The third-order valence-corrected chi connectivity index (χ3v) is 0.556. The summed E-state index contributed by atoms with van der Waals surface area (Å²) >= 11 is 0. The Hall–Kier alpha value is 0.813. The Labute approximate surface area is 103 Å². The van der Waals surface area contributed by atoms with Crippen LogP contribution in [0, 0.1) is 22.3 Å². The fourth-order valence-corrected chi connectivity index (χ4v) is 0.321. The van der Waals surface area contributed by atoms with E-state index in [0.29, 0.717) is 0 Å². The molecule has 0 saturated carbocycles. The van der Waals surface area contributed by atoms with Gasteiger partial charge in [0.2, 0.25) is 0 Å². The van der Waals surface area contributed by atoms with Gasteiger partial charge in [-0.1, -0.05) is 0 Å². The van der Waals surface area contributed by atoms with Gasteiger partial charge in [0.1, 0.15) is 0 Å². The molecule has 0 bridgehead atoms. The molecular formula is C8H16Cl2Zr. The third kappa shape index (κ3) is 24.9. The molecule has 0 heterocycles. The smallest absolute Gasteiger partial charge is 0.358 e. The van der Waals surface area contributed by atoms with Gasteiger partial charge in [-0.15, -0.1) is 24.8 Å². The number of rotatable bonds is 0. The van der Waals surface area contributed by atoms with Gasteiger partial charge in [-0.3, -0.25) is 0 Å². The van der Waals surface area contributed by atoms with Gasteiger partial charge < -0.3 is 22.3 Å². The molecule has 1 aromatic rings. The van der Waals surface area contributed by atoms with Crippen LogP contribution in [-0.2, 0) is 26.2 Å². The van der Waals surface area contributed by atoms with Gasteiger partial charge in [-0.2, -0.15) is 18.2 Å². The minimum Gasteiger partial charge on any atom is -0.358 e. The first-order valence-electron chi connectivity index (χ1n) is 1.67. The van der Waals surface area contributed by atoms with Gasteiger partial charge in [0.25, 0.3) is 0 Å². The molecule has 0 N–H and O–H groups in total. The molecule has 0 nitrogen and oxygen atoms in total. The van der Waals surface area contributed by atoms with Crippen LogP contribution in [0.25, 0.3) is 0 Å². The summed E-state index contributed by atoms with van der Waals surface area (Å²) in [6, 6.07) is 10.0.